The van der Waals surface area contributed by atoms with Crippen molar-refractivity contribution in [3.05, 3.63) is 12.2 Å². The molecule has 2 aliphatic rings. The molecule has 0 saturated heterocycles. The van der Waals surface area contributed by atoms with E-state index < -0.39 is 11.9 Å². The van der Waals surface area contributed by atoms with Crippen LogP contribution in [0.15, 0.2) is 12.2 Å². The van der Waals surface area contributed by atoms with Crippen molar-refractivity contribution in [1.82, 2.24) is 0 Å². The molecule has 0 unspecified atom stereocenters. The maximum absolute atomic E-state index is 11.6. The summed E-state index contributed by atoms with van der Waals surface area (Å²) in [4.78, 5) is 21.9. The highest BCUT2D eigenvalue weighted by Gasteiger charge is 2.62. The lowest BCUT2D eigenvalue weighted by molar-refractivity contribution is -0.151. The van der Waals surface area contributed by atoms with Crippen LogP contribution in [0.3, 0.4) is 0 Å². The molecule has 3 atom stereocenters. The smallest absolute Gasteiger partial charge is 0.331 e. The molecule has 0 radical (unpaired) electrons. The van der Waals surface area contributed by atoms with Gasteiger partial charge in [-0.05, 0) is 30.6 Å². The number of rotatable bonds is 3. The number of carboxylic acid groups (broad SMARTS) is 1. The molecule has 0 heterocycles. The maximum Gasteiger partial charge on any atom is 0.331 e. The summed E-state index contributed by atoms with van der Waals surface area (Å²) in [5, 5.41) is 8.47. The zero-order valence-electron chi connectivity index (χ0n) is 11.1. The first kappa shape index (κ1) is 13.1. The van der Waals surface area contributed by atoms with Crippen LogP contribution in [-0.4, -0.2) is 23.1 Å². The summed E-state index contributed by atoms with van der Waals surface area (Å²) in [6.07, 6.45) is 4.90. The third kappa shape index (κ3) is 1.84. The Bertz CT molecular complexity index is 410. The van der Waals surface area contributed by atoms with Crippen molar-refractivity contribution >= 4 is 11.9 Å². The van der Waals surface area contributed by atoms with Gasteiger partial charge in [-0.15, -0.1) is 0 Å². The third-order valence-electron chi connectivity index (χ3n) is 5.33. The van der Waals surface area contributed by atoms with Gasteiger partial charge in [-0.1, -0.05) is 20.8 Å². The predicted molar refractivity (Wildman–Crippen MR) is 65.9 cm³/mol. The number of carbonyl (C=O) groups is 2. The first-order valence-corrected chi connectivity index (χ1v) is 6.39. The molecule has 2 aliphatic carbocycles. The molecule has 2 bridgehead atoms. The van der Waals surface area contributed by atoms with Gasteiger partial charge < -0.3 is 9.84 Å². The molecular weight excluding hydrogens is 232 g/mol. The third-order valence-corrected chi connectivity index (χ3v) is 5.33. The minimum absolute atomic E-state index is 0.0182. The van der Waals surface area contributed by atoms with Crippen LogP contribution in [-0.2, 0) is 14.3 Å². The summed E-state index contributed by atoms with van der Waals surface area (Å²) in [6.45, 7) is 6.66. The second kappa shape index (κ2) is 4.11. The van der Waals surface area contributed by atoms with Crippen LogP contribution < -0.4 is 0 Å². The van der Waals surface area contributed by atoms with Gasteiger partial charge in [0.25, 0.3) is 0 Å². The Labute approximate surface area is 107 Å². The van der Waals surface area contributed by atoms with Crippen molar-refractivity contribution in [2.75, 3.05) is 0 Å². The van der Waals surface area contributed by atoms with E-state index in [2.05, 4.69) is 20.8 Å². The number of fused-ring (bicyclic) bond motifs is 2. The van der Waals surface area contributed by atoms with E-state index in [1.807, 2.05) is 0 Å². The predicted octanol–water partition coefficient (Wildman–Crippen LogP) is 2.39. The van der Waals surface area contributed by atoms with Crippen molar-refractivity contribution in [3.63, 3.8) is 0 Å². The van der Waals surface area contributed by atoms with Gasteiger partial charge in [-0.3, -0.25) is 0 Å². The fraction of sp³-hybridized carbons (Fsp3) is 0.714. The van der Waals surface area contributed by atoms with Crippen molar-refractivity contribution in [2.24, 2.45) is 16.7 Å². The lowest BCUT2D eigenvalue weighted by Crippen LogP contribution is -2.38. The van der Waals surface area contributed by atoms with Gasteiger partial charge >= 0.3 is 11.9 Å². The molecule has 0 aromatic heterocycles. The molecule has 2 rings (SSSR count). The number of hydrogen-bond acceptors (Lipinski definition) is 3. The van der Waals surface area contributed by atoms with E-state index in [-0.39, 0.29) is 16.9 Å². The second-order valence-corrected chi connectivity index (χ2v) is 6.21. The molecule has 4 nitrogen and oxygen atoms in total. The van der Waals surface area contributed by atoms with E-state index in [1.54, 1.807) is 0 Å². The standard InChI is InChI=1S/C14H20O4/c1-13(2)9-6-7-14(13,3)10(8-9)18-12(17)5-4-11(15)16/h4-5,9-10H,6-8H2,1-3H3,(H,15,16)/b5-4-/t9-,10-,14+/m0/s1. The lowest BCUT2D eigenvalue weighted by Gasteiger charge is -2.38. The SMILES string of the molecule is CC1(C)[C@H]2CC[C@]1(C)[C@@H](OC(=O)/C=C\C(=O)O)C2. The van der Waals surface area contributed by atoms with Crippen molar-refractivity contribution < 1.29 is 19.4 Å². The van der Waals surface area contributed by atoms with Crippen molar-refractivity contribution in [3.8, 4) is 0 Å². The van der Waals surface area contributed by atoms with Crippen molar-refractivity contribution in [2.45, 2.75) is 46.1 Å². The van der Waals surface area contributed by atoms with Crippen LogP contribution in [0.2, 0.25) is 0 Å². The number of aliphatic carboxylic acids is 1. The van der Waals surface area contributed by atoms with E-state index in [4.69, 9.17) is 9.84 Å². The van der Waals surface area contributed by atoms with Crippen LogP contribution >= 0.6 is 0 Å². The van der Waals surface area contributed by atoms with Crippen LogP contribution in [0.4, 0.5) is 0 Å². The average Bonchev–Trinajstić information content (AvgIpc) is 2.59. The molecule has 2 fully saturated rings. The largest absolute Gasteiger partial charge is 0.478 e. The molecule has 0 aliphatic heterocycles. The summed E-state index contributed by atoms with van der Waals surface area (Å²) in [5.41, 5.74) is 0.207. The van der Waals surface area contributed by atoms with Crippen LogP contribution in [0.1, 0.15) is 40.0 Å². The van der Waals surface area contributed by atoms with Gasteiger partial charge in [0.2, 0.25) is 0 Å². The highest BCUT2D eigenvalue weighted by Crippen LogP contribution is 2.66. The highest BCUT2D eigenvalue weighted by atomic mass is 16.5. The summed E-state index contributed by atoms with van der Waals surface area (Å²) >= 11 is 0. The summed E-state index contributed by atoms with van der Waals surface area (Å²) in [5.74, 6) is -1.08. The number of esters is 1. The maximum atomic E-state index is 11.6. The van der Waals surface area contributed by atoms with E-state index in [0.717, 1.165) is 25.0 Å². The van der Waals surface area contributed by atoms with E-state index >= 15 is 0 Å². The Kier molecular flexibility index (Phi) is 2.99. The van der Waals surface area contributed by atoms with Crippen molar-refractivity contribution in [1.29, 1.82) is 0 Å². The van der Waals surface area contributed by atoms with Gasteiger partial charge in [0.1, 0.15) is 6.10 Å². The van der Waals surface area contributed by atoms with Gasteiger partial charge in [0, 0.05) is 17.6 Å². The molecule has 100 valence electrons. The quantitative estimate of drug-likeness (QED) is 0.618. The second-order valence-electron chi connectivity index (χ2n) is 6.21. The Morgan fingerprint density at radius 3 is 2.39 bits per heavy atom. The van der Waals surface area contributed by atoms with Gasteiger partial charge in [0.15, 0.2) is 0 Å². The fourth-order valence-corrected chi connectivity index (χ4v) is 3.63. The van der Waals surface area contributed by atoms with E-state index in [9.17, 15) is 9.59 Å². The normalized spacial score (nSPS) is 37.1. The van der Waals surface area contributed by atoms with Gasteiger partial charge in [-0.2, -0.15) is 0 Å². The van der Waals surface area contributed by atoms with Crippen LogP contribution in [0.5, 0.6) is 0 Å². The molecule has 2 saturated carbocycles. The summed E-state index contributed by atoms with van der Waals surface area (Å²) in [6, 6.07) is 0. The highest BCUT2D eigenvalue weighted by molar-refractivity contribution is 5.90. The zero-order valence-corrected chi connectivity index (χ0v) is 11.1. The first-order chi connectivity index (χ1) is 8.27. The average molecular weight is 252 g/mol. The first-order valence-electron chi connectivity index (χ1n) is 6.39. The Morgan fingerprint density at radius 2 is 1.94 bits per heavy atom. The van der Waals surface area contributed by atoms with E-state index in [0.29, 0.717) is 5.92 Å². The Balaban J connectivity index is 2.05. The number of ether oxygens (including phenoxy) is 1. The topological polar surface area (TPSA) is 63.6 Å². The minimum atomic E-state index is -1.13. The van der Waals surface area contributed by atoms with E-state index in [1.165, 1.54) is 6.42 Å². The molecule has 4 heteroatoms. The zero-order chi connectivity index (χ0) is 13.6. The fourth-order valence-electron chi connectivity index (χ4n) is 3.63. The molecule has 0 amide bonds. The number of hydrogen-bond donors (Lipinski definition) is 1. The summed E-state index contributed by atoms with van der Waals surface area (Å²) in [7, 11) is 0. The van der Waals surface area contributed by atoms with Gasteiger partial charge in [-0.25, -0.2) is 9.59 Å². The molecule has 0 aromatic rings. The number of carboxylic acids is 1. The Morgan fingerprint density at radius 1 is 1.28 bits per heavy atom. The minimum Gasteiger partial charge on any atom is -0.478 e. The monoisotopic (exact) mass is 252 g/mol. The molecule has 0 aromatic carbocycles. The molecular formula is C14H20O4. The molecule has 0 spiro atoms. The van der Waals surface area contributed by atoms with Crippen LogP contribution in [0.25, 0.3) is 0 Å². The molecule has 18 heavy (non-hydrogen) atoms. The van der Waals surface area contributed by atoms with Gasteiger partial charge in [0.05, 0.1) is 0 Å². The summed E-state index contributed by atoms with van der Waals surface area (Å²) < 4.78 is 5.45. The Hall–Kier alpha value is -1.32. The lowest BCUT2D eigenvalue weighted by atomic mass is 9.70. The molecule has 1 N–H and O–H groups in total. The van der Waals surface area contributed by atoms with Crippen LogP contribution in [0, 0.1) is 16.7 Å². The number of carbonyl (C=O) groups excluding carboxylic acids is 1.